The summed E-state index contributed by atoms with van der Waals surface area (Å²) in [5, 5.41) is 3.45. The second-order valence-electron chi connectivity index (χ2n) is 4.33. The van der Waals surface area contributed by atoms with Crippen LogP contribution in [0.4, 0.5) is 0 Å². The third-order valence-corrected chi connectivity index (χ3v) is 2.81. The average Bonchev–Trinajstić information content (AvgIpc) is 2.57. The summed E-state index contributed by atoms with van der Waals surface area (Å²) in [6.45, 7) is 5.74. The summed E-state index contributed by atoms with van der Waals surface area (Å²) in [6, 6.07) is 0. The molecular formula is C10H17N3. The Hall–Kier alpha value is -0.830. The van der Waals surface area contributed by atoms with Crippen LogP contribution in [-0.2, 0) is 6.54 Å². The maximum absolute atomic E-state index is 4.06. The van der Waals surface area contributed by atoms with Crippen molar-refractivity contribution in [1.82, 2.24) is 14.9 Å². The maximum atomic E-state index is 4.06. The van der Waals surface area contributed by atoms with Crippen molar-refractivity contribution >= 4 is 0 Å². The molecule has 1 aromatic rings. The van der Waals surface area contributed by atoms with Gasteiger partial charge >= 0.3 is 0 Å². The van der Waals surface area contributed by atoms with Crippen molar-refractivity contribution in [3.05, 3.63) is 18.7 Å². The standard InChI is InChI=1S/C10H17N3/c1-10(3-2-4-11-7-10)8-13-6-5-12-9-13/h5-6,9,11H,2-4,7-8H2,1H3. The van der Waals surface area contributed by atoms with Gasteiger partial charge in [0.1, 0.15) is 0 Å². The first-order valence-corrected chi connectivity index (χ1v) is 4.95. The molecule has 1 unspecified atom stereocenters. The molecule has 1 fully saturated rings. The number of rotatable bonds is 2. The molecule has 0 bridgehead atoms. The molecule has 3 nitrogen and oxygen atoms in total. The number of nitrogens with zero attached hydrogens (tertiary/aromatic N) is 2. The van der Waals surface area contributed by atoms with Crippen LogP contribution in [0.3, 0.4) is 0 Å². The van der Waals surface area contributed by atoms with Gasteiger partial charge in [0.25, 0.3) is 0 Å². The van der Waals surface area contributed by atoms with Crippen molar-refractivity contribution in [2.75, 3.05) is 13.1 Å². The minimum atomic E-state index is 0.416. The first kappa shape index (κ1) is 8.75. The van der Waals surface area contributed by atoms with Crippen molar-refractivity contribution in [3.63, 3.8) is 0 Å². The number of piperidine rings is 1. The summed E-state index contributed by atoms with van der Waals surface area (Å²) in [7, 11) is 0. The molecule has 2 heterocycles. The fourth-order valence-corrected chi connectivity index (χ4v) is 2.07. The Kier molecular flexibility index (Phi) is 2.36. The van der Waals surface area contributed by atoms with E-state index in [0.717, 1.165) is 13.1 Å². The molecule has 1 aliphatic rings. The molecule has 72 valence electrons. The monoisotopic (exact) mass is 179 g/mol. The Morgan fingerprint density at radius 1 is 1.62 bits per heavy atom. The minimum Gasteiger partial charge on any atom is -0.337 e. The molecule has 1 aliphatic heterocycles. The lowest BCUT2D eigenvalue weighted by atomic mass is 9.83. The van der Waals surface area contributed by atoms with Gasteiger partial charge in [-0.1, -0.05) is 6.92 Å². The smallest absolute Gasteiger partial charge is 0.0946 e. The molecule has 0 saturated carbocycles. The largest absolute Gasteiger partial charge is 0.337 e. The summed E-state index contributed by atoms with van der Waals surface area (Å²) >= 11 is 0. The Balaban J connectivity index is 1.99. The predicted octanol–water partition coefficient (Wildman–Crippen LogP) is 1.27. The second kappa shape index (κ2) is 3.50. The van der Waals surface area contributed by atoms with E-state index in [1.807, 2.05) is 18.7 Å². The molecule has 3 heteroatoms. The topological polar surface area (TPSA) is 29.9 Å². The quantitative estimate of drug-likeness (QED) is 0.741. The van der Waals surface area contributed by atoms with Crippen LogP contribution in [0, 0.1) is 5.41 Å². The number of imidazole rings is 1. The van der Waals surface area contributed by atoms with Gasteiger partial charge in [-0.3, -0.25) is 0 Å². The van der Waals surface area contributed by atoms with Crippen LogP contribution >= 0.6 is 0 Å². The Morgan fingerprint density at radius 3 is 3.15 bits per heavy atom. The van der Waals surface area contributed by atoms with E-state index < -0.39 is 0 Å². The van der Waals surface area contributed by atoms with Gasteiger partial charge in [0.2, 0.25) is 0 Å². The lowest BCUT2D eigenvalue weighted by Gasteiger charge is -2.34. The molecule has 0 radical (unpaired) electrons. The highest BCUT2D eigenvalue weighted by Gasteiger charge is 2.26. The van der Waals surface area contributed by atoms with Crippen molar-refractivity contribution in [2.24, 2.45) is 5.41 Å². The van der Waals surface area contributed by atoms with E-state index in [-0.39, 0.29) is 0 Å². The molecule has 0 aliphatic carbocycles. The Morgan fingerprint density at radius 2 is 2.54 bits per heavy atom. The third-order valence-electron chi connectivity index (χ3n) is 2.81. The molecule has 1 N–H and O–H groups in total. The Labute approximate surface area is 79.2 Å². The van der Waals surface area contributed by atoms with Crippen molar-refractivity contribution in [2.45, 2.75) is 26.3 Å². The molecule has 13 heavy (non-hydrogen) atoms. The molecule has 2 rings (SSSR count). The van der Waals surface area contributed by atoms with Crippen LogP contribution < -0.4 is 5.32 Å². The molecule has 0 spiro atoms. The van der Waals surface area contributed by atoms with Crippen molar-refractivity contribution < 1.29 is 0 Å². The minimum absolute atomic E-state index is 0.416. The van der Waals surface area contributed by atoms with Gasteiger partial charge in [0.05, 0.1) is 6.33 Å². The average molecular weight is 179 g/mol. The van der Waals surface area contributed by atoms with Crippen LogP contribution in [0.5, 0.6) is 0 Å². The van der Waals surface area contributed by atoms with E-state index >= 15 is 0 Å². The van der Waals surface area contributed by atoms with Crippen molar-refractivity contribution in [3.8, 4) is 0 Å². The summed E-state index contributed by atoms with van der Waals surface area (Å²) < 4.78 is 2.17. The normalized spacial score (nSPS) is 29.0. The molecule has 0 amide bonds. The highest BCUT2D eigenvalue weighted by Crippen LogP contribution is 2.27. The van der Waals surface area contributed by atoms with Crippen LogP contribution in [0.15, 0.2) is 18.7 Å². The van der Waals surface area contributed by atoms with Gasteiger partial charge in [0, 0.05) is 25.5 Å². The first-order valence-electron chi connectivity index (χ1n) is 4.95. The van der Waals surface area contributed by atoms with Gasteiger partial charge in [0.15, 0.2) is 0 Å². The van der Waals surface area contributed by atoms with Crippen LogP contribution in [-0.4, -0.2) is 22.6 Å². The number of aromatic nitrogens is 2. The molecule has 1 atom stereocenters. The number of hydrogen-bond acceptors (Lipinski definition) is 2. The number of hydrogen-bond donors (Lipinski definition) is 1. The molecular weight excluding hydrogens is 162 g/mol. The molecule has 0 aromatic carbocycles. The highest BCUT2D eigenvalue weighted by molar-refractivity contribution is 4.84. The van der Waals surface area contributed by atoms with E-state index in [4.69, 9.17) is 0 Å². The van der Waals surface area contributed by atoms with E-state index in [2.05, 4.69) is 21.8 Å². The van der Waals surface area contributed by atoms with Crippen LogP contribution in [0.1, 0.15) is 19.8 Å². The number of nitrogens with one attached hydrogen (secondary N) is 1. The fraction of sp³-hybridized carbons (Fsp3) is 0.700. The predicted molar refractivity (Wildman–Crippen MR) is 52.4 cm³/mol. The summed E-state index contributed by atoms with van der Waals surface area (Å²) in [4.78, 5) is 4.06. The zero-order chi connectivity index (χ0) is 9.15. The SMILES string of the molecule is CC1(Cn2ccnc2)CCCNC1. The maximum Gasteiger partial charge on any atom is 0.0946 e. The van der Waals surface area contributed by atoms with Gasteiger partial charge in [-0.2, -0.15) is 0 Å². The van der Waals surface area contributed by atoms with Gasteiger partial charge in [-0.15, -0.1) is 0 Å². The van der Waals surface area contributed by atoms with E-state index in [9.17, 15) is 0 Å². The van der Waals surface area contributed by atoms with Gasteiger partial charge in [-0.05, 0) is 24.8 Å². The zero-order valence-electron chi connectivity index (χ0n) is 8.16. The van der Waals surface area contributed by atoms with Gasteiger partial charge in [-0.25, -0.2) is 4.98 Å². The highest BCUT2D eigenvalue weighted by atomic mass is 15.0. The lowest BCUT2D eigenvalue weighted by Crippen LogP contribution is -2.40. The zero-order valence-corrected chi connectivity index (χ0v) is 8.16. The van der Waals surface area contributed by atoms with E-state index in [1.165, 1.54) is 19.4 Å². The lowest BCUT2D eigenvalue weighted by molar-refractivity contribution is 0.201. The third kappa shape index (κ3) is 2.10. The van der Waals surface area contributed by atoms with E-state index in [1.54, 1.807) is 0 Å². The fourth-order valence-electron chi connectivity index (χ4n) is 2.07. The molecule has 1 saturated heterocycles. The first-order chi connectivity index (χ1) is 6.29. The second-order valence-corrected chi connectivity index (χ2v) is 4.33. The van der Waals surface area contributed by atoms with Gasteiger partial charge < -0.3 is 9.88 Å². The van der Waals surface area contributed by atoms with Crippen LogP contribution in [0.2, 0.25) is 0 Å². The van der Waals surface area contributed by atoms with Crippen molar-refractivity contribution in [1.29, 1.82) is 0 Å². The Bertz CT molecular complexity index is 247. The summed E-state index contributed by atoms with van der Waals surface area (Å²) in [6.07, 6.45) is 8.41. The van der Waals surface area contributed by atoms with E-state index in [0.29, 0.717) is 5.41 Å². The van der Waals surface area contributed by atoms with Crippen LogP contribution in [0.25, 0.3) is 0 Å². The summed E-state index contributed by atoms with van der Waals surface area (Å²) in [5.41, 5.74) is 0.416. The molecule has 1 aromatic heterocycles. The summed E-state index contributed by atoms with van der Waals surface area (Å²) in [5.74, 6) is 0.